The molecule has 84 valence electrons. The molecule has 0 aliphatic rings. The lowest BCUT2D eigenvalue weighted by molar-refractivity contribution is 0.181. The molecule has 2 amide bonds. The van der Waals surface area contributed by atoms with Crippen LogP contribution in [-0.2, 0) is 8.85 Å². The molecule has 0 spiro atoms. The fourth-order valence-corrected chi connectivity index (χ4v) is 3.66. The molecule has 0 fully saturated rings. The van der Waals surface area contributed by atoms with Crippen LogP contribution in [0.4, 0.5) is 4.79 Å². The third-order valence-corrected chi connectivity index (χ3v) is 5.31. The van der Waals surface area contributed by atoms with Gasteiger partial charge < -0.3 is 19.9 Å². The molecule has 0 heterocycles. The van der Waals surface area contributed by atoms with Gasteiger partial charge in [-0.3, -0.25) is 0 Å². The average Bonchev–Trinajstić information content (AvgIpc) is 2.15. The molecule has 0 saturated heterocycles. The van der Waals surface area contributed by atoms with Crippen molar-refractivity contribution in [3.8, 4) is 0 Å². The van der Waals surface area contributed by atoms with Crippen LogP contribution >= 0.6 is 0 Å². The van der Waals surface area contributed by atoms with E-state index in [0.717, 1.165) is 6.04 Å². The van der Waals surface area contributed by atoms with E-state index in [1.807, 2.05) is 20.8 Å². The van der Waals surface area contributed by atoms with Gasteiger partial charge in [-0.25, -0.2) is 4.79 Å². The van der Waals surface area contributed by atoms with E-state index < -0.39 is 14.6 Å². The molecule has 0 saturated carbocycles. The molecular formula is C8H20N2O3Si. The second kappa shape index (κ2) is 6.80. The minimum Gasteiger partial charge on any atom is -0.394 e. The van der Waals surface area contributed by atoms with Crippen molar-refractivity contribution in [2.45, 2.75) is 26.8 Å². The number of hydrogen-bond acceptors (Lipinski definition) is 3. The number of hydrogen-bond donors (Lipinski definition) is 2. The number of nitrogens with two attached hydrogens (primary N) is 1. The summed E-state index contributed by atoms with van der Waals surface area (Å²) in [5, 5.41) is 2.56. The van der Waals surface area contributed by atoms with Gasteiger partial charge in [0, 0.05) is 13.2 Å². The third-order valence-electron chi connectivity index (χ3n) is 1.89. The van der Waals surface area contributed by atoms with Crippen LogP contribution in [-0.4, -0.2) is 34.0 Å². The van der Waals surface area contributed by atoms with Crippen LogP contribution < -0.4 is 11.1 Å². The van der Waals surface area contributed by atoms with Gasteiger partial charge in [0.05, 0.1) is 6.17 Å². The van der Waals surface area contributed by atoms with Gasteiger partial charge in [0.25, 0.3) is 0 Å². The molecule has 0 aromatic rings. The van der Waals surface area contributed by atoms with Gasteiger partial charge in [-0.1, -0.05) is 6.92 Å². The van der Waals surface area contributed by atoms with E-state index in [1.54, 1.807) is 0 Å². The summed E-state index contributed by atoms with van der Waals surface area (Å²) in [6.45, 7) is 7.03. The monoisotopic (exact) mass is 220 g/mol. The summed E-state index contributed by atoms with van der Waals surface area (Å²) in [5.74, 6) is 0. The predicted octanol–water partition coefficient (Wildman–Crippen LogP) is 0.729. The highest BCUT2D eigenvalue weighted by atomic mass is 28.4. The zero-order valence-corrected chi connectivity index (χ0v) is 10.1. The van der Waals surface area contributed by atoms with Crippen molar-refractivity contribution in [3.05, 3.63) is 0 Å². The Balaban J connectivity index is 4.24. The summed E-state index contributed by atoms with van der Waals surface area (Å²) in [6.07, 6.45) is 0.417. The summed E-state index contributed by atoms with van der Waals surface area (Å²) in [4.78, 5) is 10.6. The van der Waals surface area contributed by atoms with Gasteiger partial charge in [-0.05, 0) is 19.9 Å². The quantitative estimate of drug-likeness (QED) is 0.621. The van der Waals surface area contributed by atoms with E-state index in [4.69, 9.17) is 14.6 Å². The Morgan fingerprint density at radius 3 is 2.07 bits per heavy atom. The van der Waals surface area contributed by atoms with E-state index in [0.29, 0.717) is 19.4 Å². The zero-order valence-electron chi connectivity index (χ0n) is 9.13. The van der Waals surface area contributed by atoms with Crippen molar-refractivity contribution >= 4 is 14.6 Å². The van der Waals surface area contributed by atoms with E-state index >= 15 is 0 Å². The Morgan fingerprint density at radius 2 is 1.79 bits per heavy atom. The number of rotatable bonds is 7. The number of urea groups is 1. The average molecular weight is 220 g/mol. The maximum absolute atomic E-state index is 10.6. The van der Waals surface area contributed by atoms with Gasteiger partial charge in [-0.15, -0.1) is 0 Å². The second-order valence-electron chi connectivity index (χ2n) is 2.85. The van der Waals surface area contributed by atoms with Crippen LogP contribution in [0.2, 0.25) is 6.04 Å². The molecule has 6 heteroatoms. The Bertz CT molecular complexity index is 172. The Morgan fingerprint density at radius 1 is 1.29 bits per heavy atom. The molecule has 5 nitrogen and oxygen atoms in total. The van der Waals surface area contributed by atoms with Crippen molar-refractivity contribution in [1.82, 2.24) is 5.32 Å². The number of primary amides is 1. The summed E-state index contributed by atoms with van der Waals surface area (Å²) in [7, 11) is -2.24. The highest BCUT2D eigenvalue weighted by Gasteiger charge is 2.35. The lowest BCUT2D eigenvalue weighted by Crippen LogP contribution is -2.53. The Labute approximate surface area is 86.2 Å². The molecule has 14 heavy (non-hydrogen) atoms. The largest absolute Gasteiger partial charge is 0.394 e. The van der Waals surface area contributed by atoms with Crippen molar-refractivity contribution in [2.75, 3.05) is 19.4 Å². The number of amides is 2. The highest BCUT2D eigenvalue weighted by Crippen LogP contribution is 2.12. The Hall–Kier alpha value is -0.593. The molecule has 0 aliphatic heterocycles. The smallest absolute Gasteiger partial charge is 0.357 e. The summed E-state index contributed by atoms with van der Waals surface area (Å²) >= 11 is 0. The fourth-order valence-electron chi connectivity index (χ4n) is 1.22. The molecule has 0 bridgehead atoms. The van der Waals surface area contributed by atoms with Crippen LogP contribution in [0.5, 0.6) is 0 Å². The second-order valence-corrected chi connectivity index (χ2v) is 6.31. The molecule has 3 N–H and O–H groups in total. The van der Waals surface area contributed by atoms with Gasteiger partial charge in [0.15, 0.2) is 0 Å². The van der Waals surface area contributed by atoms with Crippen LogP contribution in [0.15, 0.2) is 0 Å². The Kier molecular flexibility index (Phi) is 6.51. The summed E-state index contributed by atoms with van der Waals surface area (Å²) < 4.78 is 11.2. The zero-order chi connectivity index (χ0) is 11.0. The predicted molar refractivity (Wildman–Crippen MR) is 57.1 cm³/mol. The first-order valence-electron chi connectivity index (χ1n) is 4.91. The van der Waals surface area contributed by atoms with Gasteiger partial charge in [0.2, 0.25) is 0 Å². The van der Waals surface area contributed by atoms with Crippen molar-refractivity contribution in [2.24, 2.45) is 5.73 Å². The SMILES string of the molecule is CCO[Si](CC)(CNC(N)=O)OCC. The number of carbonyl (C=O) groups excluding carboxylic acids is 1. The van der Waals surface area contributed by atoms with E-state index in [-0.39, 0.29) is 0 Å². The van der Waals surface area contributed by atoms with Crippen molar-refractivity contribution in [3.63, 3.8) is 0 Å². The molecule has 0 aromatic heterocycles. The highest BCUT2D eigenvalue weighted by molar-refractivity contribution is 6.67. The molecule has 0 atom stereocenters. The molecule has 0 aromatic carbocycles. The maximum atomic E-state index is 10.6. The van der Waals surface area contributed by atoms with Gasteiger partial charge >= 0.3 is 14.6 Å². The molecule has 0 radical (unpaired) electrons. The van der Waals surface area contributed by atoms with Crippen LogP contribution in [0.25, 0.3) is 0 Å². The number of carbonyl (C=O) groups is 1. The topological polar surface area (TPSA) is 73.6 Å². The minimum atomic E-state index is -2.24. The number of nitrogens with one attached hydrogen (secondary N) is 1. The lowest BCUT2D eigenvalue weighted by Gasteiger charge is -2.28. The molecule has 0 unspecified atom stereocenters. The minimum absolute atomic E-state index is 0.417. The standard InChI is InChI=1S/C8H20N2O3Si/c1-4-12-14(6-3,13-5-2)7-10-8(9)11/h4-7H2,1-3H3,(H3,9,10,11). The van der Waals surface area contributed by atoms with Crippen LogP contribution in [0, 0.1) is 0 Å². The first kappa shape index (κ1) is 13.4. The first-order valence-corrected chi connectivity index (χ1v) is 7.14. The van der Waals surface area contributed by atoms with Crippen LogP contribution in [0.3, 0.4) is 0 Å². The van der Waals surface area contributed by atoms with E-state index in [9.17, 15) is 4.79 Å². The van der Waals surface area contributed by atoms with Crippen molar-refractivity contribution in [1.29, 1.82) is 0 Å². The third kappa shape index (κ3) is 4.59. The van der Waals surface area contributed by atoms with E-state index in [1.165, 1.54) is 0 Å². The summed E-state index contributed by atoms with van der Waals surface area (Å²) in [6, 6.07) is 0.268. The van der Waals surface area contributed by atoms with Gasteiger partial charge in [0.1, 0.15) is 0 Å². The molecular weight excluding hydrogens is 200 g/mol. The lowest BCUT2D eigenvalue weighted by atomic mass is 10.9. The van der Waals surface area contributed by atoms with Crippen molar-refractivity contribution < 1.29 is 13.6 Å². The molecule has 0 rings (SSSR count). The fraction of sp³-hybridized carbons (Fsp3) is 0.875. The first-order chi connectivity index (χ1) is 6.60. The maximum Gasteiger partial charge on any atom is 0.357 e. The summed E-state index contributed by atoms with van der Waals surface area (Å²) in [5.41, 5.74) is 5.01. The van der Waals surface area contributed by atoms with Gasteiger partial charge in [-0.2, -0.15) is 0 Å². The van der Waals surface area contributed by atoms with Crippen LogP contribution in [0.1, 0.15) is 20.8 Å². The molecule has 0 aliphatic carbocycles. The van der Waals surface area contributed by atoms with E-state index in [2.05, 4.69) is 5.32 Å². The normalized spacial score (nSPS) is 11.4.